The first-order valence-corrected chi connectivity index (χ1v) is 9.64. The fourth-order valence-electron chi connectivity index (χ4n) is 2.49. The standard InChI is InChI=1S/C20H13BrClN3O5/c21-15-10-14(25(28)29)7-8-16(15)24-19(26)18(12-4-2-1-3-5-12)30-20(27)13-6-9-17(22)23-11-13/h1-11,18H,(H,24,26). The molecule has 0 saturated carbocycles. The van der Waals surface area contributed by atoms with Gasteiger partial charge in [-0.3, -0.25) is 14.9 Å². The first-order chi connectivity index (χ1) is 14.3. The van der Waals surface area contributed by atoms with Crippen LogP contribution in [-0.4, -0.2) is 21.8 Å². The van der Waals surface area contributed by atoms with E-state index in [1.54, 1.807) is 30.3 Å². The van der Waals surface area contributed by atoms with Crippen molar-refractivity contribution in [2.75, 3.05) is 5.32 Å². The predicted molar refractivity (Wildman–Crippen MR) is 113 cm³/mol. The molecule has 1 N–H and O–H groups in total. The van der Waals surface area contributed by atoms with Gasteiger partial charge in [0.1, 0.15) is 5.15 Å². The molecule has 3 aromatic rings. The number of benzene rings is 2. The number of rotatable bonds is 6. The Bertz CT molecular complexity index is 1090. The fourth-order valence-corrected chi connectivity index (χ4v) is 3.07. The minimum atomic E-state index is -1.27. The first kappa shape index (κ1) is 21.4. The Morgan fingerprint density at radius 1 is 1.13 bits per heavy atom. The number of halogens is 2. The summed E-state index contributed by atoms with van der Waals surface area (Å²) in [4.78, 5) is 39.6. The molecule has 1 amide bonds. The van der Waals surface area contributed by atoms with E-state index < -0.39 is 22.9 Å². The Kier molecular flexibility index (Phi) is 6.76. The van der Waals surface area contributed by atoms with Gasteiger partial charge in [-0.1, -0.05) is 41.9 Å². The summed E-state index contributed by atoms with van der Waals surface area (Å²) in [6, 6.07) is 15.2. The predicted octanol–water partition coefficient (Wildman–Crippen LogP) is 4.94. The molecule has 0 bridgehead atoms. The fraction of sp³-hybridized carbons (Fsp3) is 0.0500. The topological polar surface area (TPSA) is 111 Å². The lowest BCUT2D eigenvalue weighted by molar-refractivity contribution is -0.384. The lowest BCUT2D eigenvalue weighted by Gasteiger charge is -2.18. The highest BCUT2D eigenvalue weighted by Gasteiger charge is 2.26. The largest absolute Gasteiger partial charge is 0.444 e. The Morgan fingerprint density at radius 3 is 2.47 bits per heavy atom. The summed E-state index contributed by atoms with van der Waals surface area (Å²) in [5, 5.41) is 13.7. The monoisotopic (exact) mass is 489 g/mol. The molecule has 1 heterocycles. The molecule has 0 saturated heterocycles. The summed E-state index contributed by atoms with van der Waals surface area (Å²) in [7, 11) is 0. The summed E-state index contributed by atoms with van der Waals surface area (Å²) < 4.78 is 5.75. The molecule has 3 rings (SSSR count). The maximum absolute atomic E-state index is 12.9. The van der Waals surface area contributed by atoms with Crippen LogP contribution in [0, 0.1) is 10.1 Å². The molecule has 2 aromatic carbocycles. The average Bonchev–Trinajstić information content (AvgIpc) is 2.74. The number of amides is 1. The quantitative estimate of drug-likeness (QED) is 0.227. The van der Waals surface area contributed by atoms with E-state index in [0.717, 1.165) is 0 Å². The van der Waals surface area contributed by atoms with E-state index in [2.05, 4.69) is 26.2 Å². The van der Waals surface area contributed by atoms with Gasteiger partial charge in [0.25, 0.3) is 11.6 Å². The first-order valence-electron chi connectivity index (χ1n) is 8.47. The molecule has 0 aliphatic rings. The number of nitrogens with zero attached hydrogens (tertiary/aromatic N) is 2. The van der Waals surface area contributed by atoms with Crippen molar-refractivity contribution in [1.29, 1.82) is 0 Å². The number of hydrogen-bond acceptors (Lipinski definition) is 6. The highest BCUT2D eigenvalue weighted by molar-refractivity contribution is 9.10. The molecule has 0 aliphatic heterocycles. The summed E-state index contributed by atoms with van der Waals surface area (Å²) in [6.07, 6.45) is -0.0196. The third-order valence-electron chi connectivity index (χ3n) is 3.95. The molecule has 1 aromatic heterocycles. The second-order valence-corrected chi connectivity index (χ2v) is 7.22. The molecule has 0 radical (unpaired) electrons. The van der Waals surface area contributed by atoms with Crippen LogP contribution in [0.15, 0.2) is 71.3 Å². The van der Waals surface area contributed by atoms with E-state index in [1.165, 1.54) is 36.5 Å². The number of nitro groups is 1. The Morgan fingerprint density at radius 2 is 1.87 bits per heavy atom. The van der Waals surface area contributed by atoms with Gasteiger partial charge in [-0.2, -0.15) is 0 Å². The molecule has 0 fully saturated rings. The molecule has 0 aliphatic carbocycles. The van der Waals surface area contributed by atoms with Crippen LogP contribution in [0.1, 0.15) is 22.0 Å². The Balaban J connectivity index is 1.85. The van der Waals surface area contributed by atoms with E-state index in [0.29, 0.717) is 10.0 Å². The van der Waals surface area contributed by atoms with Crippen molar-refractivity contribution >= 4 is 50.8 Å². The zero-order chi connectivity index (χ0) is 21.7. The average molecular weight is 491 g/mol. The lowest BCUT2D eigenvalue weighted by atomic mass is 10.1. The van der Waals surface area contributed by atoms with Gasteiger partial charge in [-0.05, 0) is 34.1 Å². The summed E-state index contributed by atoms with van der Waals surface area (Å²) in [5.74, 6) is -1.39. The van der Waals surface area contributed by atoms with Crippen molar-refractivity contribution in [3.8, 4) is 0 Å². The second kappa shape index (κ2) is 9.47. The number of nitrogens with one attached hydrogen (secondary N) is 1. The highest BCUT2D eigenvalue weighted by atomic mass is 79.9. The van der Waals surface area contributed by atoms with Crippen molar-refractivity contribution in [3.63, 3.8) is 0 Å². The molecule has 152 valence electrons. The number of nitro benzene ring substituents is 1. The van der Waals surface area contributed by atoms with Gasteiger partial charge < -0.3 is 10.1 Å². The zero-order valence-corrected chi connectivity index (χ0v) is 17.5. The van der Waals surface area contributed by atoms with E-state index >= 15 is 0 Å². The summed E-state index contributed by atoms with van der Waals surface area (Å²) in [5.41, 5.74) is 0.727. The minimum absolute atomic E-state index is 0.129. The van der Waals surface area contributed by atoms with E-state index in [1.807, 2.05) is 0 Å². The van der Waals surface area contributed by atoms with Crippen LogP contribution in [0.25, 0.3) is 0 Å². The minimum Gasteiger partial charge on any atom is -0.444 e. The van der Waals surface area contributed by atoms with E-state index in [9.17, 15) is 19.7 Å². The molecule has 1 unspecified atom stereocenters. The maximum atomic E-state index is 12.9. The lowest BCUT2D eigenvalue weighted by Crippen LogP contribution is -2.26. The Labute approximate surface area is 184 Å². The van der Waals surface area contributed by atoms with Crippen molar-refractivity contribution in [3.05, 3.63) is 97.7 Å². The number of anilines is 1. The van der Waals surface area contributed by atoms with Crippen LogP contribution in [0.4, 0.5) is 11.4 Å². The summed E-state index contributed by atoms with van der Waals surface area (Å²) >= 11 is 8.93. The van der Waals surface area contributed by atoms with Gasteiger partial charge in [-0.15, -0.1) is 0 Å². The van der Waals surface area contributed by atoms with Gasteiger partial charge in [0, 0.05) is 28.4 Å². The molecular weight excluding hydrogens is 478 g/mol. The molecule has 30 heavy (non-hydrogen) atoms. The number of non-ortho nitro benzene ring substituents is 1. The third kappa shape index (κ3) is 5.19. The van der Waals surface area contributed by atoms with Crippen LogP contribution in [0.2, 0.25) is 5.15 Å². The second-order valence-electron chi connectivity index (χ2n) is 5.98. The Hall–Kier alpha value is -3.30. The number of hydrogen-bond donors (Lipinski definition) is 1. The van der Waals surface area contributed by atoms with Crippen LogP contribution >= 0.6 is 27.5 Å². The molecule has 10 heteroatoms. The normalized spacial score (nSPS) is 11.4. The van der Waals surface area contributed by atoms with E-state index in [4.69, 9.17) is 16.3 Å². The highest BCUT2D eigenvalue weighted by Crippen LogP contribution is 2.29. The number of carbonyl (C=O) groups excluding carboxylic acids is 2. The van der Waals surface area contributed by atoms with Gasteiger partial charge in [0.05, 0.1) is 16.2 Å². The SMILES string of the molecule is O=C(OC(C(=O)Nc1ccc([N+](=O)[O-])cc1Br)c1ccccc1)c1ccc(Cl)nc1. The van der Waals surface area contributed by atoms with Crippen molar-refractivity contribution in [1.82, 2.24) is 4.98 Å². The zero-order valence-electron chi connectivity index (χ0n) is 15.1. The van der Waals surface area contributed by atoms with Gasteiger partial charge in [0.15, 0.2) is 0 Å². The van der Waals surface area contributed by atoms with Gasteiger partial charge in [0.2, 0.25) is 6.10 Å². The van der Waals surface area contributed by atoms with E-state index in [-0.39, 0.29) is 22.1 Å². The number of esters is 1. The van der Waals surface area contributed by atoms with Gasteiger partial charge >= 0.3 is 5.97 Å². The number of pyridine rings is 1. The van der Waals surface area contributed by atoms with Crippen molar-refractivity contribution in [2.24, 2.45) is 0 Å². The number of carbonyl (C=O) groups is 2. The third-order valence-corrected chi connectivity index (χ3v) is 4.83. The van der Waals surface area contributed by atoms with Crippen LogP contribution in [0.3, 0.4) is 0 Å². The molecular formula is C20H13BrClN3O5. The van der Waals surface area contributed by atoms with Gasteiger partial charge in [-0.25, -0.2) is 9.78 Å². The van der Waals surface area contributed by atoms with Crippen LogP contribution < -0.4 is 5.32 Å². The molecule has 8 nitrogen and oxygen atoms in total. The molecule has 1 atom stereocenters. The molecule has 0 spiro atoms. The number of ether oxygens (including phenoxy) is 1. The van der Waals surface area contributed by atoms with Crippen LogP contribution in [-0.2, 0) is 9.53 Å². The maximum Gasteiger partial charge on any atom is 0.340 e. The van der Waals surface area contributed by atoms with Crippen molar-refractivity contribution in [2.45, 2.75) is 6.10 Å². The summed E-state index contributed by atoms with van der Waals surface area (Å²) in [6.45, 7) is 0. The van der Waals surface area contributed by atoms with Crippen molar-refractivity contribution < 1.29 is 19.2 Å². The smallest absolute Gasteiger partial charge is 0.340 e. The van der Waals surface area contributed by atoms with Crippen LogP contribution in [0.5, 0.6) is 0 Å². The number of aromatic nitrogens is 1.